The standard InChI is InChI=1S/C4H11NO4S2/c1-2-10(6,7)3-4-11(5,8)9/h2-4H2,1H3,(H2,5,8,9). The van der Waals surface area contributed by atoms with Crippen LogP contribution >= 0.6 is 0 Å². The first-order valence-corrected chi connectivity index (χ1v) is 6.51. The molecule has 0 aromatic heterocycles. The van der Waals surface area contributed by atoms with Crippen LogP contribution in [0.4, 0.5) is 0 Å². The summed E-state index contributed by atoms with van der Waals surface area (Å²) in [5, 5.41) is 4.61. The van der Waals surface area contributed by atoms with Crippen molar-refractivity contribution in [3.8, 4) is 0 Å². The van der Waals surface area contributed by atoms with E-state index in [9.17, 15) is 16.8 Å². The second-order valence-electron chi connectivity index (χ2n) is 2.10. The van der Waals surface area contributed by atoms with Crippen molar-refractivity contribution in [2.75, 3.05) is 17.3 Å². The Balaban J connectivity index is 4.13. The predicted octanol–water partition coefficient (Wildman–Crippen LogP) is -1.29. The Hall–Kier alpha value is -0.140. The molecule has 2 N–H and O–H groups in total. The van der Waals surface area contributed by atoms with Gasteiger partial charge in [0.05, 0.1) is 11.5 Å². The molecule has 0 aromatic carbocycles. The van der Waals surface area contributed by atoms with E-state index in [-0.39, 0.29) is 11.5 Å². The van der Waals surface area contributed by atoms with Crippen LogP contribution in [0.2, 0.25) is 0 Å². The Labute approximate surface area is 66.6 Å². The lowest BCUT2D eigenvalue weighted by atomic mass is 10.9. The predicted molar refractivity (Wildman–Crippen MR) is 42.3 cm³/mol. The topological polar surface area (TPSA) is 94.3 Å². The number of nitrogens with two attached hydrogens (primary N) is 1. The number of hydrogen-bond donors (Lipinski definition) is 1. The van der Waals surface area contributed by atoms with E-state index in [1.165, 1.54) is 6.92 Å². The molecule has 68 valence electrons. The highest BCUT2D eigenvalue weighted by atomic mass is 32.2. The van der Waals surface area contributed by atoms with Crippen molar-refractivity contribution >= 4 is 19.9 Å². The first-order valence-electron chi connectivity index (χ1n) is 2.98. The molecule has 0 aromatic rings. The fourth-order valence-corrected chi connectivity index (χ4v) is 2.62. The fraction of sp³-hybridized carbons (Fsp3) is 1.00. The Kier molecular flexibility index (Phi) is 3.46. The summed E-state index contributed by atoms with van der Waals surface area (Å²) < 4.78 is 42.1. The molecule has 0 amide bonds. The molecular weight excluding hydrogens is 190 g/mol. The molecule has 0 bridgehead atoms. The molecule has 0 radical (unpaired) electrons. The summed E-state index contributed by atoms with van der Waals surface area (Å²) in [6, 6.07) is 0. The smallest absolute Gasteiger partial charge is 0.210 e. The highest BCUT2D eigenvalue weighted by Gasteiger charge is 2.11. The van der Waals surface area contributed by atoms with Crippen LogP contribution in [0.25, 0.3) is 0 Å². The van der Waals surface area contributed by atoms with Crippen LogP contribution in [0, 0.1) is 0 Å². The van der Waals surface area contributed by atoms with Gasteiger partial charge in [-0.2, -0.15) is 0 Å². The Morgan fingerprint density at radius 1 is 1.09 bits per heavy atom. The van der Waals surface area contributed by atoms with Crippen LogP contribution in [-0.2, 0) is 19.9 Å². The van der Waals surface area contributed by atoms with E-state index in [0.717, 1.165) is 0 Å². The highest BCUT2D eigenvalue weighted by molar-refractivity contribution is 7.94. The average molecular weight is 201 g/mol. The van der Waals surface area contributed by atoms with Gasteiger partial charge in [-0.1, -0.05) is 6.92 Å². The van der Waals surface area contributed by atoms with Crippen LogP contribution in [0.15, 0.2) is 0 Å². The van der Waals surface area contributed by atoms with Gasteiger partial charge in [0.1, 0.15) is 0 Å². The van der Waals surface area contributed by atoms with Crippen molar-refractivity contribution in [3.05, 3.63) is 0 Å². The maximum Gasteiger partial charge on any atom is 0.210 e. The molecule has 0 rings (SSSR count). The lowest BCUT2D eigenvalue weighted by Gasteiger charge is -1.97. The molecule has 5 nitrogen and oxygen atoms in total. The van der Waals surface area contributed by atoms with Gasteiger partial charge in [0, 0.05) is 5.75 Å². The summed E-state index contributed by atoms with van der Waals surface area (Å²) in [5.74, 6) is -0.936. The molecule has 0 aliphatic carbocycles. The van der Waals surface area contributed by atoms with E-state index >= 15 is 0 Å². The van der Waals surface area contributed by atoms with Crippen molar-refractivity contribution in [3.63, 3.8) is 0 Å². The Morgan fingerprint density at radius 3 is 1.82 bits per heavy atom. The van der Waals surface area contributed by atoms with Gasteiger partial charge in [-0.15, -0.1) is 0 Å². The van der Waals surface area contributed by atoms with Gasteiger partial charge >= 0.3 is 0 Å². The van der Waals surface area contributed by atoms with Crippen LogP contribution in [0.1, 0.15) is 6.92 Å². The van der Waals surface area contributed by atoms with Gasteiger partial charge in [0.2, 0.25) is 10.0 Å². The maximum atomic E-state index is 10.7. The van der Waals surface area contributed by atoms with E-state index in [1.807, 2.05) is 0 Å². The zero-order chi connectivity index (χ0) is 9.12. The third-order valence-corrected chi connectivity index (χ3v) is 3.86. The monoisotopic (exact) mass is 201 g/mol. The maximum absolute atomic E-state index is 10.7. The quantitative estimate of drug-likeness (QED) is 0.612. The van der Waals surface area contributed by atoms with Crippen molar-refractivity contribution in [1.82, 2.24) is 0 Å². The summed E-state index contributed by atoms with van der Waals surface area (Å²) in [6.45, 7) is 1.46. The van der Waals surface area contributed by atoms with Gasteiger partial charge in [-0.25, -0.2) is 22.0 Å². The third-order valence-electron chi connectivity index (χ3n) is 1.12. The summed E-state index contributed by atoms with van der Waals surface area (Å²) in [5.41, 5.74) is 0. The summed E-state index contributed by atoms with van der Waals surface area (Å²) in [4.78, 5) is 0. The number of primary sulfonamides is 1. The fourth-order valence-electron chi connectivity index (χ4n) is 0.387. The summed E-state index contributed by atoms with van der Waals surface area (Å²) in [7, 11) is -6.86. The number of sulfone groups is 1. The van der Waals surface area contributed by atoms with Gasteiger partial charge in [0.15, 0.2) is 9.84 Å². The molecule has 0 aliphatic heterocycles. The molecule has 0 saturated carbocycles. The third kappa shape index (κ3) is 6.27. The van der Waals surface area contributed by atoms with Crippen molar-refractivity contribution in [2.24, 2.45) is 5.14 Å². The van der Waals surface area contributed by atoms with Crippen LogP contribution in [0.5, 0.6) is 0 Å². The van der Waals surface area contributed by atoms with E-state index < -0.39 is 25.6 Å². The first-order chi connectivity index (χ1) is 4.77. The second kappa shape index (κ2) is 3.51. The summed E-state index contributed by atoms with van der Waals surface area (Å²) in [6.07, 6.45) is 0. The van der Waals surface area contributed by atoms with E-state index in [2.05, 4.69) is 5.14 Å². The van der Waals surface area contributed by atoms with Crippen LogP contribution in [0.3, 0.4) is 0 Å². The van der Waals surface area contributed by atoms with Crippen molar-refractivity contribution in [1.29, 1.82) is 0 Å². The van der Waals surface area contributed by atoms with Gasteiger partial charge in [0.25, 0.3) is 0 Å². The second-order valence-corrected chi connectivity index (χ2v) is 6.31. The molecule has 11 heavy (non-hydrogen) atoms. The zero-order valence-corrected chi connectivity index (χ0v) is 7.78. The lowest BCUT2D eigenvalue weighted by molar-refractivity contribution is 0.589. The van der Waals surface area contributed by atoms with Crippen molar-refractivity contribution < 1.29 is 16.8 Å². The van der Waals surface area contributed by atoms with Crippen LogP contribution < -0.4 is 5.14 Å². The number of rotatable bonds is 4. The molecular formula is C4H11NO4S2. The minimum atomic E-state index is -3.65. The normalized spacial score (nSPS) is 13.3. The van der Waals surface area contributed by atoms with Gasteiger partial charge < -0.3 is 0 Å². The van der Waals surface area contributed by atoms with Crippen molar-refractivity contribution in [2.45, 2.75) is 6.92 Å². The average Bonchev–Trinajstić information content (AvgIpc) is 1.83. The zero-order valence-electron chi connectivity index (χ0n) is 6.15. The Bertz CT molecular complexity index is 301. The molecule has 0 aliphatic rings. The highest BCUT2D eigenvalue weighted by Crippen LogP contribution is 1.90. The molecule has 0 atom stereocenters. The van der Waals surface area contributed by atoms with E-state index in [0.29, 0.717) is 0 Å². The van der Waals surface area contributed by atoms with Gasteiger partial charge in [-0.05, 0) is 0 Å². The molecule has 7 heteroatoms. The Morgan fingerprint density at radius 2 is 1.55 bits per heavy atom. The molecule has 0 heterocycles. The SMILES string of the molecule is CCS(=O)(=O)CCS(N)(=O)=O. The van der Waals surface area contributed by atoms with E-state index in [1.54, 1.807) is 0 Å². The van der Waals surface area contributed by atoms with Crippen LogP contribution in [-0.4, -0.2) is 34.1 Å². The van der Waals surface area contributed by atoms with Gasteiger partial charge in [-0.3, -0.25) is 0 Å². The molecule has 0 fully saturated rings. The number of hydrogen-bond acceptors (Lipinski definition) is 4. The summed E-state index contributed by atoms with van der Waals surface area (Å²) >= 11 is 0. The largest absolute Gasteiger partial charge is 0.229 e. The minimum Gasteiger partial charge on any atom is -0.229 e. The molecule has 0 spiro atoms. The molecule has 0 saturated heterocycles. The lowest BCUT2D eigenvalue weighted by Crippen LogP contribution is -2.23. The van der Waals surface area contributed by atoms with E-state index in [4.69, 9.17) is 0 Å². The number of sulfonamides is 1. The first kappa shape index (κ1) is 10.9. The molecule has 0 unspecified atom stereocenters. The minimum absolute atomic E-state index is 0.0531.